The van der Waals surface area contributed by atoms with E-state index in [0.717, 1.165) is 17.1 Å². The van der Waals surface area contributed by atoms with Gasteiger partial charge in [0.05, 0.1) is 18.2 Å². The fraction of sp³-hybridized carbons (Fsp3) is 0.308. The van der Waals surface area contributed by atoms with Gasteiger partial charge in [0, 0.05) is 11.4 Å². The number of nitrogens with zero attached hydrogens (tertiary/aromatic N) is 2. The van der Waals surface area contributed by atoms with Crippen LogP contribution in [-0.4, -0.2) is 25.1 Å². The van der Waals surface area contributed by atoms with Crippen molar-refractivity contribution < 1.29 is 9.63 Å². The standard InChI is InChI=1S/C13H17N3O2S/c1-4-9-16-10(2)19(15-13(17)14-18-3)12-8-6-5-7-11(12)16/h4-8,10H,1,9H2,2-3H3,(H,14,17). The quantitative estimate of drug-likeness (QED) is 0.683. The van der Waals surface area contributed by atoms with E-state index >= 15 is 0 Å². The Labute approximate surface area is 115 Å². The van der Waals surface area contributed by atoms with Crippen LogP contribution in [0.5, 0.6) is 0 Å². The van der Waals surface area contributed by atoms with Crippen molar-refractivity contribution in [1.29, 1.82) is 0 Å². The Hall–Kier alpha value is -1.66. The lowest BCUT2D eigenvalue weighted by Gasteiger charge is -2.22. The van der Waals surface area contributed by atoms with Crippen molar-refractivity contribution in [3.05, 3.63) is 36.9 Å². The average molecular weight is 279 g/mol. The van der Waals surface area contributed by atoms with Crippen LogP contribution in [0.3, 0.4) is 0 Å². The Bertz CT molecular complexity index is 530. The summed E-state index contributed by atoms with van der Waals surface area (Å²) in [7, 11) is 0.896. The molecule has 0 aliphatic carbocycles. The highest BCUT2D eigenvalue weighted by molar-refractivity contribution is 7.88. The average Bonchev–Trinajstić information content (AvgIpc) is 2.66. The molecule has 1 aromatic rings. The molecule has 1 aromatic carbocycles. The lowest BCUT2D eigenvalue weighted by molar-refractivity contribution is 0.112. The molecular formula is C13H17N3O2S. The zero-order valence-electron chi connectivity index (χ0n) is 11.0. The summed E-state index contributed by atoms with van der Waals surface area (Å²) in [6.07, 6.45) is 1.86. The number of para-hydroxylation sites is 1. The van der Waals surface area contributed by atoms with Crippen LogP contribution in [0.1, 0.15) is 6.92 Å². The molecular weight excluding hydrogens is 262 g/mol. The van der Waals surface area contributed by atoms with Crippen LogP contribution in [0.25, 0.3) is 0 Å². The zero-order chi connectivity index (χ0) is 13.8. The van der Waals surface area contributed by atoms with Gasteiger partial charge in [0.25, 0.3) is 0 Å². The second kappa shape index (κ2) is 5.99. The summed E-state index contributed by atoms with van der Waals surface area (Å²) in [5.41, 5.74) is 3.35. The Morgan fingerprint density at radius 1 is 1.63 bits per heavy atom. The number of amides is 2. The van der Waals surface area contributed by atoms with Crippen molar-refractivity contribution >= 4 is 22.4 Å². The normalized spacial score (nSPS) is 21.3. The van der Waals surface area contributed by atoms with Gasteiger partial charge in [-0.25, -0.2) is 10.3 Å². The summed E-state index contributed by atoms with van der Waals surface area (Å²) in [5, 5.41) is 0.137. The number of anilines is 1. The largest absolute Gasteiger partial charge is 0.371 e. The number of carbonyl (C=O) groups excluding carboxylic acids is 1. The maximum absolute atomic E-state index is 11.6. The topological polar surface area (TPSA) is 53.9 Å². The maximum atomic E-state index is 11.6. The molecule has 0 radical (unpaired) electrons. The maximum Gasteiger partial charge on any atom is 0.371 e. The van der Waals surface area contributed by atoms with Crippen LogP contribution in [0, 0.1) is 0 Å². The molecule has 0 spiro atoms. The van der Waals surface area contributed by atoms with Crippen LogP contribution < -0.4 is 10.4 Å². The van der Waals surface area contributed by atoms with E-state index in [9.17, 15) is 4.79 Å². The Morgan fingerprint density at radius 3 is 3.05 bits per heavy atom. The van der Waals surface area contributed by atoms with Gasteiger partial charge in [-0.3, -0.25) is 4.84 Å². The number of hydrogen-bond donors (Lipinski definition) is 1. The smallest absolute Gasteiger partial charge is 0.354 e. The van der Waals surface area contributed by atoms with Gasteiger partial charge in [-0.05, 0) is 29.7 Å². The van der Waals surface area contributed by atoms with Crippen molar-refractivity contribution in [1.82, 2.24) is 5.48 Å². The molecule has 1 aliphatic heterocycles. The van der Waals surface area contributed by atoms with Crippen LogP contribution in [0.15, 0.2) is 46.2 Å². The van der Waals surface area contributed by atoms with Gasteiger partial charge in [-0.1, -0.05) is 18.2 Å². The minimum atomic E-state index is -0.499. The summed E-state index contributed by atoms with van der Waals surface area (Å²) in [6, 6.07) is 7.57. The predicted octanol–water partition coefficient (Wildman–Crippen LogP) is 2.47. The minimum absolute atomic E-state index is 0.137. The number of fused-ring (bicyclic) bond motifs is 1. The summed E-state index contributed by atoms with van der Waals surface area (Å²) < 4.78 is 4.20. The summed E-state index contributed by atoms with van der Waals surface area (Å²) in [6.45, 7) is 6.58. The Kier molecular flexibility index (Phi) is 4.34. The van der Waals surface area contributed by atoms with Crippen LogP contribution in [0.2, 0.25) is 0 Å². The van der Waals surface area contributed by atoms with Gasteiger partial charge < -0.3 is 4.90 Å². The number of hydrogen-bond acceptors (Lipinski definition) is 3. The highest BCUT2D eigenvalue weighted by Gasteiger charge is 2.30. The molecule has 0 aromatic heterocycles. The van der Waals surface area contributed by atoms with Gasteiger partial charge >= 0.3 is 6.03 Å². The molecule has 1 aliphatic rings. The number of hydroxylamine groups is 1. The van der Waals surface area contributed by atoms with E-state index in [2.05, 4.69) is 33.1 Å². The van der Waals surface area contributed by atoms with Gasteiger partial charge in [0.1, 0.15) is 0 Å². The van der Waals surface area contributed by atoms with Gasteiger partial charge in [0.15, 0.2) is 0 Å². The number of rotatable bonds is 3. The highest BCUT2D eigenvalue weighted by atomic mass is 32.2. The van der Waals surface area contributed by atoms with Gasteiger partial charge in [-0.15, -0.1) is 6.58 Å². The molecule has 6 heteroatoms. The second-order valence-electron chi connectivity index (χ2n) is 4.03. The van der Waals surface area contributed by atoms with Crippen LogP contribution in [-0.2, 0) is 15.5 Å². The first kappa shape index (κ1) is 13.8. The van der Waals surface area contributed by atoms with Crippen LogP contribution >= 0.6 is 0 Å². The van der Waals surface area contributed by atoms with E-state index in [1.165, 1.54) is 7.11 Å². The molecule has 2 rings (SSSR count). The first-order valence-electron chi connectivity index (χ1n) is 5.93. The molecule has 1 heterocycles. The molecule has 0 fully saturated rings. The fourth-order valence-corrected chi connectivity index (χ4v) is 3.97. The van der Waals surface area contributed by atoms with E-state index in [-0.39, 0.29) is 5.37 Å². The lowest BCUT2D eigenvalue weighted by Crippen LogP contribution is -2.31. The van der Waals surface area contributed by atoms with Crippen molar-refractivity contribution in [2.24, 2.45) is 4.36 Å². The Balaban J connectivity index is 2.40. The minimum Gasteiger partial charge on any atom is -0.354 e. The zero-order valence-corrected chi connectivity index (χ0v) is 11.8. The Morgan fingerprint density at radius 2 is 2.37 bits per heavy atom. The van der Waals surface area contributed by atoms with Crippen molar-refractivity contribution in [3.63, 3.8) is 0 Å². The summed E-state index contributed by atoms with van der Waals surface area (Å²) in [4.78, 5) is 19.5. The van der Waals surface area contributed by atoms with E-state index in [0.29, 0.717) is 0 Å². The molecule has 102 valence electrons. The number of benzene rings is 1. The van der Waals surface area contributed by atoms with Crippen molar-refractivity contribution in [3.8, 4) is 0 Å². The molecule has 2 atom stereocenters. The highest BCUT2D eigenvalue weighted by Crippen LogP contribution is 2.36. The van der Waals surface area contributed by atoms with E-state index in [4.69, 9.17) is 0 Å². The number of nitrogens with one attached hydrogen (secondary N) is 1. The van der Waals surface area contributed by atoms with Crippen LogP contribution in [0.4, 0.5) is 10.5 Å². The van der Waals surface area contributed by atoms with Gasteiger partial charge in [0.2, 0.25) is 0 Å². The van der Waals surface area contributed by atoms with Gasteiger partial charge in [-0.2, -0.15) is 4.36 Å². The lowest BCUT2D eigenvalue weighted by atomic mass is 10.3. The van der Waals surface area contributed by atoms with E-state index < -0.39 is 16.7 Å². The fourth-order valence-electron chi connectivity index (χ4n) is 2.08. The molecule has 1 N–H and O–H groups in total. The summed E-state index contributed by atoms with van der Waals surface area (Å²) in [5.74, 6) is 0. The molecule has 5 nitrogen and oxygen atoms in total. The second-order valence-corrected chi connectivity index (χ2v) is 5.96. The third-order valence-electron chi connectivity index (χ3n) is 2.86. The molecule has 2 amide bonds. The SMILES string of the molecule is C=CCN1c2ccccc2S(=NC(=O)NOC)C1C. The van der Waals surface area contributed by atoms with E-state index in [1.54, 1.807) is 0 Å². The predicted molar refractivity (Wildman–Crippen MR) is 77.0 cm³/mol. The van der Waals surface area contributed by atoms with E-state index in [1.807, 2.05) is 30.3 Å². The molecule has 19 heavy (non-hydrogen) atoms. The first-order chi connectivity index (χ1) is 9.19. The third-order valence-corrected chi connectivity index (χ3v) is 4.92. The molecule has 0 saturated carbocycles. The molecule has 0 bridgehead atoms. The molecule has 2 unspecified atom stereocenters. The van der Waals surface area contributed by atoms with Crippen molar-refractivity contribution in [2.75, 3.05) is 18.6 Å². The summed E-state index contributed by atoms with van der Waals surface area (Å²) >= 11 is 0. The third kappa shape index (κ3) is 2.69. The number of urea groups is 1. The monoisotopic (exact) mass is 279 g/mol. The molecule has 0 saturated heterocycles. The number of carbonyl (C=O) groups is 1. The first-order valence-corrected chi connectivity index (χ1v) is 7.18. The van der Waals surface area contributed by atoms with Crippen molar-refractivity contribution in [2.45, 2.75) is 17.2 Å².